The molecule has 25 heavy (non-hydrogen) atoms. The minimum Gasteiger partial charge on any atom is -0.381 e. The van der Waals surface area contributed by atoms with Crippen molar-refractivity contribution in [2.45, 2.75) is 52.5 Å². The van der Waals surface area contributed by atoms with E-state index >= 15 is 0 Å². The van der Waals surface area contributed by atoms with Crippen molar-refractivity contribution in [1.29, 1.82) is 0 Å². The van der Waals surface area contributed by atoms with Gasteiger partial charge in [-0.3, -0.25) is 9.36 Å². The number of nitrogens with zero attached hydrogens (tertiary/aromatic N) is 5. The lowest BCUT2D eigenvalue weighted by molar-refractivity contribution is 0.0832. The van der Waals surface area contributed by atoms with Crippen molar-refractivity contribution in [3.05, 3.63) is 21.9 Å². The largest absolute Gasteiger partial charge is 0.381 e. The summed E-state index contributed by atoms with van der Waals surface area (Å²) in [6, 6.07) is 0. The topological polar surface area (TPSA) is 64.7 Å². The normalized spacial score (nSPS) is 18.5. The maximum Gasteiger partial charge on any atom is 0.281 e. The number of imidazole rings is 1. The third-order valence-corrected chi connectivity index (χ3v) is 5.37. The van der Waals surface area contributed by atoms with E-state index in [9.17, 15) is 4.79 Å². The van der Waals surface area contributed by atoms with Crippen LogP contribution >= 0.6 is 0 Å². The molecule has 1 fully saturated rings. The molecule has 0 bridgehead atoms. The van der Waals surface area contributed by atoms with Gasteiger partial charge in [0.15, 0.2) is 5.52 Å². The van der Waals surface area contributed by atoms with Gasteiger partial charge in [0, 0.05) is 38.8 Å². The van der Waals surface area contributed by atoms with Crippen LogP contribution in [0.1, 0.15) is 50.5 Å². The molecule has 2 aromatic rings. The minimum atomic E-state index is 0.0420. The van der Waals surface area contributed by atoms with Crippen LogP contribution in [-0.4, -0.2) is 45.5 Å². The second-order valence-electron chi connectivity index (χ2n) is 7.63. The number of fused-ring (bicyclic) bond motifs is 2. The first-order chi connectivity index (χ1) is 12.1. The lowest BCUT2D eigenvalue weighted by Gasteiger charge is -2.21. The third kappa shape index (κ3) is 2.84. The van der Waals surface area contributed by atoms with Crippen LogP contribution in [0, 0.1) is 12.8 Å². The van der Waals surface area contributed by atoms with Gasteiger partial charge in [0.1, 0.15) is 5.82 Å². The smallest absolute Gasteiger partial charge is 0.281 e. The second-order valence-corrected chi connectivity index (χ2v) is 7.63. The summed E-state index contributed by atoms with van der Waals surface area (Å²) in [5.41, 5.74) is 1.46. The Hall–Kier alpha value is -1.89. The minimum absolute atomic E-state index is 0.0420. The van der Waals surface area contributed by atoms with Crippen molar-refractivity contribution >= 4 is 11.5 Å². The van der Waals surface area contributed by atoms with E-state index in [1.807, 2.05) is 16.0 Å². The highest BCUT2D eigenvalue weighted by Gasteiger charge is 2.28. The quantitative estimate of drug-likeness (QED) is 0.847. The molecule has 136 valence electrons. The standard InChI is InChI=1S/C18H27N5O2/c1-12(2)4-7-21-8-9-22-17(24)15-13(3)19-16(23(15)20-18(21)22)14-5-10-25-11-6-14/h12,14H,4-11H2,1-3H3. The molecule has 0 N–H and O–H groups in total. The van der Waals surface area contributed by atoms with E-state index < -0.39 is 0 Å². The summed E-state index contributed by atoms with van der Waals surface area (Å²) in [7, 11) is 0. The Labute approximate surface area is 147 Å². The van der Waals surface area contributed by atoms with Crippen molar-refractivity contribution < 1.29 is 4.74 Å². The van der Waals surface area contributed by atoms with Gasteiger partial charge in [-0.1, -0.05) is 13.8 Å². The molecule has 2 aliphatic rings. The van der Waals surface area contributed by atoms with Crippen LogP contribution in [-0.2, 0) is 11.3 Å². The van der Waals surface area contributed by atoms with Crippen LogP contribution in [0.4, 0.5) is 5.95 Å². The number of aryl methyl sites for hydroxylation is 1. The van der Waals surface area contributed by atoms with Gasteiger partial charge < -0.3 is 9.64 Å². The zero-order chi connectivity index (χ0) is 17.6. The first-order valence-electron chi connectivity index (χ1n) is 9.39. The summed E-state index contributed by atoms with van der Waals surface area (Å²) < 4.78 is 9.12. The molecule has 0 unspecified atom stereocenters. The summed E-state index contributed by atoms with van der Waals surface area (Å²) in [5.74, 6) is 2.67. The molecule has 0 amide bonds. The molecule has 7 nitrogen and oxygen atoms in total. The summed E-state index contributed by atoms with van der Waals surface area (Å²) in [5, 5.41) is 4.87. The Morgan fingerprint density at radius 1 is 1.24 bits per heavy atom. The van der Waals surface area contributed by atoms with E-state index in [4.69, 9.17) is 14.8 Å². The number of hydrogen-bond acceptors (Lipinski definition) is 5. The number of ether oxygens (including phenoxy) is 1. The van der Waals surface area contributed by atoms with Crippen LogP contribution in [0.25, 0.3) is 5.52 Å². The van der Waals surface area contributed by atoms with E-state index in [1.54, 1.807) is 0 Å². The maximum absolute atomic E-state index is 13.0. The van der Waals surface area contributed by atoms with Gasteiger partial charge in [-0.05, 0) is 32.1 Å². The first kappa shape index (κ1) is 16.6. The fourth-order valence-electron chi connectivity index (χ4n) is 3.85. The van der Waals surface area contributed by atoms with E-state index in [0.29, 0.717) is 23.9 Å². The van der Waals surface area contributed by atoms with Crippen molar-refractivity contribution in [3.63, 3.8) is 0 Å². The molecule has 0 aliphatic carbocycles. The molecule has 0 saturated carbocycles. The zero-order valence-corrected chi connectivity index (χ0v) is 15.4. The zero-order valence-electron chi connectivity index (χ0n) is 15.4. The predicted molar refractivity (Wildman–Crippen MR) is 96.4 cm³/mol. The van der Waals surface area contributed by atoms with Gasteiger partial charge in [0.05, 0.1) is 5.69 Å². The maximum atomic E-state index is 13.0. The highest BCUT2D eigenvalue weighted by atomic mass is 16.5. The first-order valence-corrected chi connectivity index (χ1v) is 9.39. The molecule has 0 radical (unpaired) electrons. The number of aromatic nitrogens is 4. The monoisotopic (exact) mass is 345 g/mol. The van der Waals surface area contributed by atoms with Gasteiger partial charge in [-0.25, -0.2) is 9.50 Å². The number of rotatable bonds is 4. The SMILES string of the molecule is Cc1nc(C2CCOCC2)n2nc3n(c(=O)c12)CCN3CCC(C)C. The Kier molecular flexibility index (Phi) is 4.27. The van der Waals surface area contributed by atoms with Crippen molar-refractivity contribution in [1.82, 2.24) is 19.2 Å². The Bertz CT molecular complexity index is 832. The van der Waals surface area contributed by atoms with E-state index in [1.165, 1.54) is 0 Å². The molecular weight excluding hydrogens is 318 g/mol. The fourth-order valence-corrected chi connectivity index (χ4v) is 3.85. The van der Waals surface area contributed by atoms with E-state index in [-0.39, 0.29) is 5.56 Å². The Morgan fingerprint density at radius 3 is 2.72 bits per heavy atom. The number of hydrogen-bond donors (Lipinski definition) is 0. The van der Waals surface area contributed by atoms with Crippen LogP contribution in [0.5, 0.6) is 0 Å². The third-order valence-electron chi connectivity index (χ3n) is 5.37. The van der Waals surface area contributed by atoms with Gasteiger partial charge in [0.25, 0.3) is 5.56 Å². The summed E-state index contributed by atoms with van der Waals surface area (Å²) >= 11 is 0. The Balaban J connectivity index is 1.79. The molecule has 4 heterocycles. The van der Waals surface area contributed by atoms with E-state index in [0.717, 1.165) is 63.0 Å². The number of anilines is 1. The molecule has 4 rings (SSSR count). The molecule has 0 spiro atoms. The van der Waals surface area contributed by atoms with Crippen LogP contribution in [0.15, 0.2) is 4.79 Å². The molecule has 1 saturated heterocycles. The molecule has 0 aromatic carbocycles. The highest BCUT2D eigenvalue weighted by molar-refractivity contribution is 5.53. The highest BCUT2D eigenvalue weighted by Crippen LogP contribution is 2.28. The van der Waals surface area contributed by atoms with Gasteiger partial charge in [-0.15, -0.1) is 5.10 Å². The van der Waals surface area contributed by atoms with Crippen LogP contribution in [0.3, 0.4) is 0 Å². The molecule has 2 aliphatic heterocycles. The van der Waals surface area contributed by atoms with Gasteiger partial charge >= 0.3 is 0 Å². The second kappa shape index (κ2) is 6.44. The molecule has 0 atom stereocenters. The predicted octanol–water partition coefficient (Wildman–Crippen LogP) is 1.96. The molecular formula is C18H27N5O2. The lowest BCUT2D eigenvalue weighted by Crippen LogP contribution is -2.27. The summed E-state index contributed by atoms with van der Waals surface area (Å²) in [4.78, 5) is 20.0. The van der Waals surface area contributed by atoms with Crippen molar-refractivity contribution in [3.8, 4) is 0 Å². The van der Waals surface area contributed by atoms with E-state index in [2.05, 4.69) is 18.7 Å². The Morgan fingerprint density at radius 2 is 2.00 bits per heavy atom. The summed E-state index contributed by atoms with van der Waals surface area (Å²) in [6.45, 7) is 10.4. The van der Waals surface area contributed by atoms with Crippen LogP contribution < -0.4 is 10.5 Å². The fraction of sp³-hybridized carbons (Fsp3) is 0.722. The average Bonchev–Trinajstić information content (AvgIpc) is 3.16. The van der Waals surface area contributed by atoms with Crippen molar-refractivity contribution in [2.75, 3.05) is 31.2 Å². The average molecular weight is 345 g/mol. The van der Waals surface area contributed by atoms with Gasteiger partial charge in [-0.2, -0.15) is 0 Å². The van der Waals surface area contributed by atoms with Crippen LogP contribution in [0.2, 0.25) is 0 Å². The molecule has 2 aromatic heterocycles. The van der Waals surface area contributed by atoms with Gasteiger partial charge in [0.2, 0.25) is 5.95 Å². The summed E-state index contributed by atoms with van der Waals surface area (Å²) in [6.07, 6.45) is 2.98. The molecule has 7 heteroatoms. The van der Waals surface area contributed by atoms with Crippen molar-refractivity contribution in [2.24, 2.45) is 5.92 Å². The lowest BCUT2D eigenvalue weighted by atomic mass is 10.00.